The van der Waals surface area contributed by atoms with Crippen LogP contribution in [0.15, 0.2) is 24.5 Å². The fraction of sp³-hybridized carbons (Fsp3) is 0.308. The minimum atomic E-state index is -1.09. The van der Waals surface area contributed by atoms with Gasteiger partial charge in [-0.15, -0.1) is 0 Å². The first kappa shape index (κ1) is 13.1. The fourth-order valence-electron chi connectivity index (χ4n) is 1.71. The zero-order valence-electron chi connectivity index (χ0n) is 10.8. The predicted octanol–water partition coefficient (Wildman–Crippen LogP) is -0.417. The van der Waals surface area contributed by atoms with Crippen LogP contribution in [0.25, 0.3) is 11.4 Å². The van der Waals surface area contributed by atoms with Crippen molar-refractivity contribution in [1.29, 1.82) is 0 Å². The molecule has 0 atom stereocenters. The van der Waals surface area contributed by atoms with E-state index in [2.05, 4.69) is 15.1 Å². The molecule has 0 fully saturated rings. The summed E-state index contributed by atoms with van der Waals surface area (Å²) in [5.41, 5.74) is 2.60. The largest absolute Gasteiger partial charge is 0.550 e. The molecule has 0 saturated carbocycles. The van der Waals surface area contributed by atoms with Gasteiger partial charge in [0.05, 0.1) is 0 Å². The van der Waals surface area contributed by atoms with Crippen LogP contribution in [-0.2, 0) is 11.3 Å². The number of aliphatic carboxylic acids is 1. The molecule has 0 aliphatic rings. The average molecular weight is 258 g/mol. The number of rotatable bonds is 4. The van der Waals surface area contributed by atoms with Gasteiger partial charge in [0, 0.05) is 35.4 Å². The number of hydrogen-bond donors (Lipinski definition) is 0. The quantitative estimate of drug-likeness (QED) is 0.696. The van der Waals surface area contributed by atoms with Crippen molar-refractivity contribution in [2.45, 2.75) is 26.8 Å². The Morgan fingerprint density at radius 2 is 2.00 bits per heavy atom. The summed E-state index contributed by atoms with van der Waals surface area (Å²) in [7, 11) is 0. The molecular weight excluding hydrogens is 244 g/mol. The highest BCUT2D eigenvalue weighted by Gasteiger charge is 2.07. The fourth-order valence-corrected chi connectivity index (χ4v) is 1.71. The molecule has 2 heterocycles. The van der Waals surface area contributed by atoms with Crippen LogP contribution >= 0.6 is 0 Å². The molecule has 0 radical (unpaired) electrons. The van der Waals surface area contributed by atoms with Crippen molar-refractivity contribution >= 4 is 5.97 Å². The van der Waals surface area contributed by atoms with Crippen molar-refractivity contribution in [1.82, 2.24) is 15.1 Å². The Kier molecular flexibility index (Phi) is 3.79. The van der Waals surface area contributed by atoms with Crippen LogP contribution in [0.2, 0.25) is 0 Å². The van der Waals surface area contributed by atoms with Crippen LogP contribution < -0.4 is 9.79 Å². The molecule has 0 aliphatic carbocycles. The van der Waals surface area contributed by atoms with Crippen LogP contribution in [0.5, 0.6) is 0 Å². The van der Waals surface area contributed by atoms with E-state index in [1.165, 1.54) is 0 Å². The summed E-state index contributed by atoms with van der Waals surface area (Å²) in [6.07, 6.45) is 3.28. The van der Waals surface area contributed by atoms with E-state index < -0.39 is 5.97 Å². The average Bonchev–Trinajstić information content (AvgIpc) is 2.36. The number of aryl methyl sites for hydroxylation is 3. The predicted molar refractivity (Wildman–Crippen MR) is 64.6 cm³/mol. The van der Waals surface area contributed by atoms with Gasteiger partial charge in [-0.2, -0.15) is 0 Å². The number of aromatic nitrogens is 4. The van der Waals surface area contributed by atoms with E-state index in [1.54, 1.807) is 17.1 Å². The molecule has 0 unspecified atom stereocenters. The van der Waals surface area contributed by atoms with Crippen molar-refractivity contribution in [2.75, 3.05) is 0 Å². The molecule has 0 amide bonds. The van der Waals surface area contributed by atoms with E-state index in [0.717, 1.165) is 17.0 Å². The van der Waals surface area contributed by atoms with Crippen molar-refractivity contribution in [3.8, 4) is 11.4 Å². The Morgan fingerprint density at radius 3 is 2.53 bits per heavy atom. The molecule has 0 saturated heterocycles. The maximum absolute atomic E-state index is 10.4. The van der Waals surface area contributed by atoms with Gasteiger partial charge in [-0.3, -0.25) is 0 Å². The van der Waals surface area contributed by atoms with E-state index in [4.69, 9.17) is 0 Å². The zero-order chi connectivity index (χ0) is 13.8. The lowest BCUT2D eigenvalue weighted by Gasteiger charge is -2.02. The van der Waals surface area contributed by atoms with Gasteiger partial charge in [0.2, 0.25) is 0 Å². The summed E-state index contributed by atoms with van der Waals surface area (Å²) < 4.78 is 1.54. The van der Waals surface area contributed by atoms with Gasteiger partial charge in [0.25, 0.3) is 0 Å². The Labute approximate surface area is 110 Å². The maximum atomic E-state index is 10.4. The summed E-state index contributed by atoms with van der Waals surface area (Å²) in [4.78, 5) is 19.1. The summed E-state index contributed by atoms with van der Waals surface area (Å²) in [5, 5.41) is 14.5. The van der Waals surface area contributed by atoms with Crippen LogP contribution in [0, 0.1) is 13.8 Å². The number of nitrogens with zero attached hydrogens (tertiary/aromatic N) is 4. The molecule has 6 nitrogen and oxygen atoms in total. The molecule has 19 heavy (non-hydrogen) atoms. The van der Waals surface area contributed by atoms with Gasteiger partial charge in [0.1, 0.15) is 6.20 Å². The normalized spacial score (nSPS) is 10.4. The van der Waals surface area contributed by atoms with E-state index in [0.29, 0.717) is 5.82 Å². The lowest BCUT2D eigenvalue weighted by molar-refractivity contribution is -0.753. The first-order chi connectivity index (χ1) is 9.04. The monoisotopic (exact) mass is 258 g/mol. The summed E-state index contributed by atoms with van der Waals surface area (Å²) >= 11 is 0. The van der Waals surface area contributed by atoms with E-state index in [-0.39, 0.29) is 13.0 Å². The third-order valence-corrected chi connectivity index (χ3v) is 2.56. The van der Waals surface area contributed by atoms with Gasteiger partial charge in [0.15, 0.2) is 18.6 Å². The number of hydrogen-bond acceptors (Lipinski definition) is 5. The van der Waals surface area contributed by atoms with Gasteiger partial charge < -0.3 is 9.90 Å². The Hall–Kier alpha value is -2.37. The summed E-state index contributed by atoms with van der Waals surface area (Å²) in [6.45, 7) is 4.11. The molecular formula is C13H14N4O2. The molecule has 2 aromatic heterocycles. The number of carbonyl (C=O) groups excluding carboxylic acids is 1. The summed E-state index contributed by atoms with van der Waals surface area (Å²) in [6, 6.07) is 3.72. The second kappa shape index (κ2) is 5.51. The molecule has 0 bridgehead atoms. The number of carboxylic acids is 1. The van der Waals surface area contributed by atoms with E-state index >= 15 is 0 Å². The smallest absolute Gasteiger partial charge is 0.197 e. The minimum absolute atomic E-state index is 0.0585. The first-order valence-electron chi connectivity index (χ1n) is 5.93. The van der Waals surface area contributed by atoms with E-state index in [9.17, 15) is 9.90 Å². The van der Waals surface area contributed by atoms with Gasteiger partial charge >= 0.3 is 0 Å². The molecule has 98 valence electrons. The maximum Gasteiger partial charge on any atom is 0.197 e. The van der Waals surface area contributed by atoms with E-state index in [1.807, 2.05) is 26.0 Å². The highest BCUT2D eigenvalue weighted by Crippen LogP contribution is 2.12. The zero-order valence-corrected chi connectivity index (χ0v) is 10.8. The third-order valence-electron chi connectivity index (χ3n) is 2.56. The molecule has 6 heteroatoms. The second-order valence-electron chi connectivity index (χ2n) is 4.28. The Balaban J connectivity index is 2.19. The highest BCUT2D eigenvalue weighted by molar-refractivity contribution is 5.63. The van der Waals surface area contributed by atoms with Gasteiger partial charge in [-0.25, -0.2) is 9.97 Å². The second-order valence-corrected chi connectivity index (χ2v) is 4.28. The number of carbonyl (C=O) groups is 1. The van der Waals surface area contributed by atoms with Gasteiger partial charge in [-0.05, 0) is 25.0 Å². The van der Waals surface area contributed by atoms with Crippen LogP contribution in [0.4, 0.5) is 0 Å². The molecule has 2 aromatic rings. The standard InChI is InChI=1S/C13H14N4O2/c1-9-7-10(2)16-13(15-9)11-3-5-17(14-8-11)6-4-12(18)19/h3,5,7-8H,4,6H2,1-2H3. The van der Waals surface area contributed by atoms with Crippen molar-refractivity contribution < 1.29 is 14.6 Å². The van der Waals surface area contributed by atoms with Crippen LogP contribution in [0.3, 0.4) is 0 Å². The Bertz CT molecular complexity index is 576. The van der Waals surface area contributed by atoms with Crippen LogP contribution in [-0.4, -0.2) is 21.0 Å². The molecule has 0 spiro atoms. The topological polar surface area (TPSA) is 82.7 Å². The van der Waals surface area contributed by atoms with Gasteiger partial charge in [-0.1, -0.05) is 4.68 Å². The van der Waals surface area contributed by atoms with Crippen LogP contribution in [0.1, 0.15) is 17.8 Å². The minimum Gasteiger partial charge on any atom is -0.550 e. The Morgan fingerprint density at radius 1 is 1.32 bits per heavy atom. The SMILES string of the molecule is Cc1cc(C)nc(-c2cc[n+](CCC(=O)[O-])nc2)n1. The lowest BCUT2D eigenvalue weighted by Crippen LogP contribution is -2.40. The summed E-state index contributed by atoms with van der Waals surface area (Å²) in [5.74, 6) is -0.465. The molecule has 0 N–H and O–H groups in total. The highest BCUT2D eigenvalue weighted by atomic mass is 16.4. The first-order valence-corrected chi connectivity index (χ1v) is 5.93. The van der Waals surface area contributed by atoms with Crippen molar-refractivity contribution in [2.24, 2.45) is 0 Å². The van der Waals surface area contributed by atoms with Crippen molar-refractivity contribution in [3.63, 3.8) is 0 Å². The van der Waals surface area contributed by atoms with Crippen molar-refractivity contribution in [3.05, 3.63) is 35.9 Å². The molecule has 0 aromatic carbocycles. The lowest BCUT2D eigenvalue weighted by atomic mass is 10.2. The molecule has 0 aliphatic heterocycles. The molecule has 2 rings (SSSR count). The number of carboxylic acid groups (broad SMARTS) is 1. The third kappa shape index (κ3) is 3.54.